The Balaban J connectivity index is 2.42. The summed E-state index contributed by atoms with van der Waals surface area (Å²) in [6, 6.07) is 1.22. The van der Waals surface area contributed by atoms with Crippen LogP contribution < -0.4 is 10.6 Å². The highest BCUT2D eigenvalue weighted by atomic mass is 35.5. The number of nitro groups is 1. The van der Waals surface area contributed by atoms with Crippen molar-refractivity contribution in [1.29, 1.82) is 0 Å². The number of primary amides is 1. The van der Waals surface area contributed by atoms with E-state index in [9.17, 15) is 19.7 Å². The second-order valence-corrected chi connectivity index (χ2v) is 4.45. The van der Waals surface area contributed by atoms with Crippen LogP contribution in [0.4, 0.5) is 11.4 Å². The summed E-state index contributed by atoms with van der Waals surface area (Å²) in [5.41, 5.74) is 4.82. The molecule has 9 heteroatoms. The van der Waals surface area contributed by atoms with E-state index in [-0.39, 0.29) is 29.5 Å². The Hall–Kier alpha value is -2.22. The third-order valence-corrected chi connectivity index (χ3v) is 3.05. The van der Waals surface area contributed by atoms with Gasteiger partial charge in [-0.1, -0.05) is 11.6 Å². The number of halogens is 1. The Kier molecular flexibility index (Phi) is 3.34. The van der Waals surface area contributed by atoms with E-state index in [0.29, 0.717) is 0 Å². The third-order valence-electron chi connectivity index (χ3n) is 2.84. The minimum Gasteiger partial charge on any atom is -0.369 e. The molecule has 19 heavy (non-hydrogen) atoms. The minimum atomic E-state index is -0.663. The fourth-order valence-electron chi connectivity index (χ4n) is 1.90. The van der Waals surface area contributed by atoms with Gasteiger partial charge in [-0.05, 0) is 0 Å². The minimum absolute atomic E-state index is 0.00927. The van der Waals surface area contributed by atoms with Gasteiger partial charge >= 0.3 is 5.69 Å². The Morgan fingerprint density at radius 1 is 1.63 bits per heavy atom. The normalized spacial score (nSPS) is 18.7. The van der Waals surface area contributed by atoms with Crippen molar-refractivity contribution < 1.29 is 14.5 Å². The summed E-state index contributed by atoms with van der Waals surface area (Å²) < 4.78 is 0. The monoisotopic (exact) mass is 284 g/mol. The van der Waals surface area contributed by atoms with Crippen LogP contribution in [0.3, 0.4) is 0 Å². The molecule has 2 N–H and O–H groups in total. The van der Waals surface area contributed by atoms with Crippen LogP contribution in [-0.4, -0.2) is 28.3 Å². The molecule has 0 aliphatic carbocycles. The average molecular weight is 285 g/mol. The van der Waals surface area contributed by atoms with Gasteiger partial charge in [0, 0.05) is 19.0 Å². The van der Waals surface area contributed by atoms with Crippen LogP contribution in [0.2, 0.25) is 5.15 Å². The lowest BCUT2D eigenvalue weighted by Crippen LogP contribution is -2.28. The summed E-state index contributed by atoms with van der Waals surface area (Å²) in [7, 11) is 0. The van der Waals surface area contributed by atoms with E-state index in [0.717, 1.165) is 11.1 Å². The fraction of sp³-hybridized carbons (Fsp3) is 0.300. The highest BCUT2D eigenvalue weighted by Crippen LogP contribution is 2.33. The number of nitrogens with zero attached hydrogens (tertiary/aromatic N) is 3. The van der Waals surface area contributed by atoms with Crippen molar-refractivity contribution in [2.75, 3.05) is 11.4 Å². The molecule has 1 atom stereocenters. The number of carbonyl (C=O) groups excluding carboxylic acids is 2. The standard InChI is InChI=1S/C10H9ClN4O4/c11-8-2-6(7(3-13-8)15(18)19)14-4-5(10(12)17)1-9(14)16/h2-3,5H,1,4H2,(H2,12,17). The summed E-state index contributed by atoms with van der Waals surface area (Å²) >= 11 is 5.68. The molecule has 0 radical (unpaired) electrons. The molecule has 0 spiro atoms. The molecule has 2 rings (SSSR count). The second-order valence-electron chi connectivity index (χ2n) is 4.06. The summed E-state index contributed by atoms with van der Waals surface area (Å²) in [5, 5.41) is 10.9. The van der Waals surface area contributed by atoms with Crippen LogP contribution >= 0.6 is 11.6 Å². The summed E-state index contributed by atoms with van der Waals surface area (Å²) in [6.07, 6.45) is 0.912. The maximum atomic E-state index is 11.8. The second kappa shape index (κ2) is 4.81. The molecule has 100 valence electrons. The Labute approximate surface area is 112 Å². The lowest BCUT2D eigenvalue weighted by Gasteiger charge is -2.16. The maximum absolute atomic E-state index is 11.8. The van der Waals surface area contributed by atoms with Crippen molar-refractivity contribution in [3.8, 4) is 0 Å². The van der Waals surface area contributed by atoms with Crippen LogP contribution in [0.25, 0.3) is 0 Å². The highest BCUT2D eigenvalue weighted by molar-refractivity contribution is 6.29. The van der Waals surface area contributed by atoms with Crippen LogP contribution in [0.15, 0.2) is 12.3 Å². The number of hydrogen-bond donors (Lipinski definition) is 1. The number of amides is 2. The summed E-state index contributed by atoms with van der Waals surface area (Å²) in [5.74, 6) is -1.67. The lowest BCUT2D eigenvalue weighted by atomic mass is 10.1. The van der Waals surface area contributed by atoms with Crippen molar-refractivity contribution in [3.63, 3.8) is 0 Å². The van der Waals surface area contributed by atoms with E-state index in [2.05, 4.69) is 4.98 Å². The van der Waals surface area contributed by atoms with Gasteiger partial charge in [-0.15, -0.1) is 0 Å². The number of anilines is 1. The van der Waals surface area contributed by atoms with Crippen LogP contribution in [0.5, 0.6) is 0 Å². The third kappa shape index (κ3) is 2.48. The smallest absolute Gasteiger partial charge is 0.311 e. The van der Waals surface area contributed by atoms with E-state index >= 15 is 0 Å². The van der Waals surface area contributed by atoms with Gasteiger partial charge in [-0.2, -0.15) is 0 Å². The molecule has 1 unspecified atom stereocenters. The highest BCUT2D eigenvalue weighted by Gasteiger charge is 2.37. The molecular formula is C10H9ClN4O4. The van der Waals surface area contributed by atoms with Gasteiger partial charge in [0.05, 0.1) is 10.8 Å². The zero-order chi connectivity index (χ0) is 14.2. The van der Waals surface area contributed by atoms with E-state index in [1.807, 2.05) is 0 Å². The van der Waals surface area contributed by atoms with Crippen LogP contribution in [0, 0.1) is 16.0 Å². The topological polar surface area (TPSA) is 119 Å². The first-order chi connectivity index (χ1) is 8.90. The van der Waals surface area contributed by atoms with E-state index in [1.165, 1.54) is 6.07 Å². The molecule has 1 aliphatic heterocycles. The number of rotatable bonds is 3. The van der Waals surface area contributed by atoms with Gasteiger partial charge in [0.2, 0.25) is 11.8 Å². The molecule has 1 aliphatic rings. The Bertz CT molecular complexity index is 577. The first-order valence-electron chi connectivity index (χ1n) is 5.29. The van der Waals surface area contributed by atoms with Crippen LogP contribution in [-0.2, 0) is 9.59 Å². The van der Waals surface area contributed by atoms with E-state index in [1.54, 1.807) is 0 Å². The number of carbonyl (C=O) groups is 2. The molecule has 8 nitrogen and oxygen atoms in total. The van der Waals surface area contributed by atoms with Gasteiger partial charge in [0.25, 0.3) is 0 Å². The molecule has 2 amide bonds. The van der Waals surface area contributed by atoms with E-state index < -0.39 is 22.7 Å². The van der Waals surface area contributed by atoms with Crippen LogP contribution in [0.1, 0.15) is 6.42 Å². The molecule has 1 fully saturated rings. The first-order valence-corrected chi connectivity index (χ1v) is 5.67. The Morgan fingerprint density at radius 3 is 2.84 bits per heavy atom. The molecule has 0 saturated carbocycles. The van der Waals surface area contributed by atoms with Crippen molar-refractivity contribution in [2.24, 2.45) is 11.7 Å². The van der Waals surface area contributed by atoms with Gasteiger partial charge in [0.15, 0.2) is 0 Å². The zero-order valence-corrected chi connectivity index (χ0v) is 10.3. The number of pyridine rings is 1. The predicted molar refractivity (Wildman–Crippen MR) is 65.6 cm³/mol. The summed E-state index contributed by atoms with van der Waals surface area (Å²) in [6.45, 7) is 0.00927. The first kappa shape index (κ1) is 13.2. The molecule has 1 aromatic heterocycles. The predicted octanol–water partition coefficient (Wildman–Crippen LogP) is 0.481. The van der Waals surface area contributed by atoms with Gasteiger partial charge in [-0.3, -0.25) is 19.7 Å². The van der Waals surface area contributed by atoms with E-state index in [4.69, 9.17) is 17.3 Å². The lowest BCUT2D eigenvalue weighted by molar-refractivity contribution is -0.384. The molecule has 0 aromatic carbocycles. The van der Waals surface area contributed by atoms with Crippen molar-refractivity contribution in [2.45, 2.75) is 6.42 Å². The van der Waals surface area contributed by atoms with Gasteiger partial charge in [0.1, 0.15) is 17.0 Å². The number of nitrogens with two attached hydrogens (primary N) is 1. The molecule has 1 aromatic rings. The molecule has 1 saturated heterocycles. The summed E-state index contributed by atoms with van der Waals surface area (Å²) in [4.78, 5) is 37.9. The SMILES string of the molecule is NC(=O)C1CC(=O)N(c2cc(Cl)ncc2[N+](=O)[O-])C1. The maximum Gasteiger partial charge on any atom is 0.311 e. The molecule has 0 bridgehead atoms. The van der Waals surface area contributed by atoms with Crippen molar-refractivity contribution in [3.05, 3.63) is 27.5 Å². The fourth-order valence-corrected chi connectivity index (χ4v) is 2.05. The average Bonchev–Trinajstić information content (AvgIpc) is 2.71. The molecule has 2 heterocycles. The Morgan fingerprint density at radius 2 is 2.32 bits per heavy atom. The zero-order valence-electron chi connectivity index (χ0n) is 9.58. The number of aromatic nitrogens is 1. The quantitative estimate of drug-likeness (QED) is 0.492. The molecular weight excluding hydrogens is 276 g/mol. The van der Waals surface area contributed by atoms with Crippen molar-refractivity contribution >= 4 is 34.8 Å². The van der Waals surface area contributed by atoms with Crippen molar-refractivity contribution in [1.82, 2.24) is 4.98 Å². The van der Waals surface area contributed by atoms with Gasteiger partial charge < -0.3 is 10.6 Å². The number of hydrogen-bond acceptors (Lipinski definition) is 5. The van der Waals surface area contributed by atoms with Gasteiger partial charge in [-0.25, -0.2) is 4.98 Å². The largest absolute Gasteiger partial charge is 0.369 e.